The van der Waals surface area contributed by atoms with Gasteiger partial charge in [0.1, 0.15) is 5.82 Å². The molecule has 0 saturated heterocycles. The lowest BCUT2D eigenvalue weighted by atomic mass is 10.0. The van der Waals surface area contributed by atoms with E-state index < -0.39 is 0 Å². The van der Waals surface area contributed by atoms with Crippen LogP contribution in [-0.2, 0) is 17.8 Å². The Morgan fingerprint density at radius 1 is 1.47 bits per heavy atom. The van der Waals surface area contributed by atoms with Crippen LogP contribution in [0.15, 0.2) is 12.4 Å². The van der Waals surface area contributed by atoms with Gasteiger partial charge in [0.2, 0.25) is 0 Å². The SMILES string of the molecule is CC(C)ON1CCc2cncc(F)c2C1. The average molecular weight is 210 g/mol. The summed E-state index contributed by atoms with van der Waals surface area (Å²) in [4.78, 5) is 9.40. The predicted octanol–water partition coefficient (Wildman–Crippen LogP) is 1.92. The molecular formula is C11H15FN2O. The number of nitrogens with zero attached hydrogens (tertiary/aromatic N) is 2. The van der Waals surface area contributed by atoms with E-state index in [1.807, 2.05) is 18.9 Å². The highest BCUT2D eigenvalue weighted by Crippen LogP contribution is 2.21. The standard InChI is InChI=1S/C11H15FN2O/c1-8(2)15-14-4-3-9-5-13-6-11(12)10(9)7-14/h5-6,8H,3-4,7H2,1-2H3. The van der Waals surface area contributed by atoms with Crippen molar-refractivity contribution in [3.8, 4) is 0 Å². The first-order valence-corrected chi connectivity index (χ1v) is 5.20. The van der Waals surface area contributed by atoms with Crippen molar-refractivity contribution >= 4 is 0 Å². The summed E-state index contributed by atoms with van der Waals surface area (Å²) in [6.07, 6.45) is 3.94. The average Bonchev–Trinajstić information content (AvgIpc) is 2.18. The van der Waals surface area contributed by atoms with Crippen LogP contribution >= 0.6 is 0 Å². The Kier molecular flexibility index (Phi) is 2.98. The molecule has 0 amide bonds. The molecule has 82 valence electrons. The number of aromatic nitrogens is 1. The summed E-state index contributed by atoms with van der Waals surface area (Å²) < 4.78 is 13.4. The first-order chi connectivity index (χ1) is 7.16. The number of hydrogen-bond donors (Lipinski definition) is 0. The molecule has 3 nitrogen and oxygen atoms in total. The van der Waals surface area contributed by atoms with Gasteiger partial charge >= 0.3 is 0 Å². The zero-order valence-corrected chi connectivity index (χ0v) is 9.03. The van der Waals surface area contributed by atoms with Gasteiger partial charge in [-0.25, -0.2) is 4.39 Å². The van der Waals surface area contributed by atoms with Crippen molar-refractivity contribution in [2.24, 2.45) is 0 Å². The Balaban J connectivity index is 2.15. The monoisotopic (exact) mass is 210 g/mol. The summed E-state index contributed by atoms with van der Waals surface area (Å²) in [5.74, 6) is -0.232. The number of fused-ring (bicyclic) bond motifs is 1. The van der Waals surface area contributed by atoms with E-state index in [1.54, 1.807) is 6.20 Å². The fraction of sp³-hybridized carbons (Fsp3) is 0.545. The molecule has 0 saturated carbocycles. The molecule has 0 atom stereocenters. The van der Waals surface area contributed by atoms with Crippen LogP contribution in [-0.4, -0.2) is 22.7 Å². The van der Waals surface area contributed by atoms with Gasteiger partial charge in [-0.2, -0.15) is 5.06 Å². The lowest BCUT2D eigenvalue weighted by Gasteiger charge is -2.29. The number of halogens is 1. The number of rotatable bonds is 2. The van der Waals surface area contributed by atoms with Crippen molar-refractivity contribution in [1.82, 2.24) is 10.0 Å². The van der Waals surface area contributed by atoms with Gasteiger partial charge in [0.25, 0.3) is 0 Å². The third-order valence-corrected chi connectivity index (χ3v) is 2.42. The molecule has 1 aliphatic rings. The molecule has 0 bridgehead atoms. The maximum absolute atomic E-state index is 13.4. The lowest BCUT2D eigenvalue weighted by Crippen LogP contribution is -2.33. The molecule has 0 fully saturated rings. The maximum Gasteiger partial charge on any atom is 0.146 e. The van der Waals surface area contributed by atoms with Gasteiger partial charge in [0.15, 0.2) is 0 Å². The third kappa shape index (κ3) is 2.33. The molecule has 2 rings (SSSR count). The van der Waals surface area contributed by atoms with E-state index in [0.717, 1.165) is 24.1 Å². The summed E-state index contributed by atoms with van der Waals surface area (Å²) in [5.41, 5.74) is 1.72. The second kappa shape index (κ2) is 4.24. The third-order valence-electron chi connectivity index (χ3n) is 2.42. The molecule has 0 radical (unpaired) electrons. The highest BCUT2D eigenvalue weighted by Gasteiger charge is 2.20. The van der Waals surface area contributed by atoms with Crippen LogP contribution in [0.1, 0.15) is 25.0 Å². The van der Waals surface area contributed by atoms with Crippen LogP contribution < -0.4 is 0 Å². The summed E-state index contributed by atoms with van der Waals surface area (Å²) in [6, 6.07) is 0. The first-order valence-electron chi connectivity index (χ1n) is 5.20. The summed E-state index contributed by atoms with van der Waals surface area (Å²) in [5, 5.41) is 1.82. The minimum Gasteiger partial charge on any atom is -0.296 e. The van der Waals surface area contributed by atoms with E-state index in [9.17, 15) is 4.39 Å². The molecule has 2 heterocycles. The molecule has 1 aliphatic heterocycles. The van der Waals surface area contributed by atoms with Crippen molar-refractivity contribution in [1.29, 1.82) is 0 Å². The van der Waals surface area contributed by atoms with E-state index in [2.05, 4.69) is 4.98 Å². The lowest BCUT2D eigenvalue weighted by molar-refractivity contribution is -0.197. The molecule has 1 aromatic heterocycles. The maximum atomic E-state index is 13.4. The number of hydrogen-bond acceptors (Lipinski definition) is 3. The fourth-order valence-corrected chi connectivity index (χ4v) is 1.78. The van der Waals surface area contributed by atoms with Gasteiger partial charge in [-0.1, -0.05) is 0 Å². The highest BCUT2D eigenvalue weighted by molar-refractivity contribution is 5.26. The van der Waals surface area contributed by atoms with Crippen LogP contribution in [0.2, 0.25) is 0 Å². The Morgan fingerprint density at radius 2 is 2.27 bits per heavy atom. The zero-order chi connectivity index (χ0) is 10.8. The summed E-state index contributed by atoms with van der Waals surface area (Å²) in [6.45, 7) is 5.26. The Bertz CT molecular complexity index is 354. The van der Waals surface area contributed by atoms with E-state index in [4.69, 9.17) is 4.84 Å². The molecule has 4 heteroatoms. The van der Waals surface area contributed by atoms with E-state index in [0.29, 0.717) is 6.54 Å². The van der Waals surface area contributed by atoms with E-state index in [1.165, 1.54) is 6.20 Å². The largest absolute Gasteiger partial charge is 0.296 e. The van der Waals surface area contributed by atoms with Crippen LogP contribution in [0.3, 0.4) is 0 Å². The van der Waals surface area contributed by atoms with Gasteiger partial charge < -0.3 is 0 Å². The minimum absolute atomic E-state index is 0.136. The van der Waals surface area contributed by atoms with Crippen LogP contribution in [0, 0.1) is 5.82 Å². The van der Waals surface area contributed by atoms with Crippen LogP contribution in [0.5, 0.6) is 0 Å². The smallest absolute Gasteiger partial charge is 0.146 e. The van der Waals surface area contributed by atoms with Crippen LogP contribution in [0.4, 0.5) is 4.39 Å². The first kappa shape index (κ1) is 10.5. The Morgan fingerprint density at radius 3 is 3.00 bits per heavy atom. The van der Waals surface area contributed by atoms with E-state index in [-0.39, 0.29) is 11.9 Å². The molecule has 0 aromatic carbocycles. The van der Waals surface area contributed by atoms with E-state index >= 15 is 0 Å². The predicted molar refractivity (Wildman–Crippen MR) is 54.5 cm³/mol. The van der Waals surface area contributed by atoms with Gasteiger partial charge in [-0.3, -0.25) is 9.82 Å². The summed E-state index contributed by atoms with van der Waals surface area (Å²) in [7, 11) is 0. The molecule has 0 N–H and O–H groups in total. The van der Waals surface area contributed by atoms with Crippen molar-refractivity contribution < 1.29 is 9.23 Å². The zero-order valence-electron chi connectivity index (χ0n) is 9.03. The van der Waals surface area contributed by atoms with Crippen molar-refractivity contribution in [3.05, 3.63) is 29.3 Å². The molecule has 0 spiro atoms. The van der Waals surface area contributed by atoms with Crippen molar-refractivity contribution in [2.45, 2.75) is 32.9 Å². The molecule has 15 heavy (non-hydrogen) atoms. The topological polar surface area (TPSA) is 25.4 Å². The molecular weight excluding hydrogens is 195 g/mol. The van der Waals surface area contributed by atoms with Gasteiger partial charge in [0.05, 0.1) is 18.8 Å². The van der Waals surface area contributed by atoms with Gasteiger partial charge in [-0.05, 0) is 25.8 Å². The number of hydroxylamine groups is 2. The van der Waals surface area contributed by atoms with Crippen molar-refractivity contribution in [2.75, 3.05) is 6.54 Å². The normalized spacial score (nSPS) is 16.8. The van der Waals surface area contributed by atoms with Crippen molar-refractivity contribution in [3.63, 3.8) is 0 Å². The van der Waals surface area contributed by atoms with Gasteiger partial charge in [0, 0.05) is 18.3 Å². The Hall–Kier alpha value is -1.00. The second-order valence-electron chi connectivity index (χ2n) is 4.03. The second-order valence-corrected chi connectivity index (χ2v) is 4.03. The minimum atomic E-state index is -0.232. The number of pyridine rings is 1. The summed E-state index contributed by atoms with van der Waals surface area (Å²) >= 11 is 0. The Labute approximate surface area is 88.8 Å². The fourth-order valence-electron chi connectivity index (χ4n) is 1.78. The quantitative estimate of drug-likeness (QED) is 0.745. The highest BCUT2D eigenvalue weighted by atomic mass is 19.1. The van der Waals surface area contributed by atoms with Crippen LogP contribution in [0.25, 0.3) is 0 Å². The molecule has 0 unspecified atom stereocenters. The van der Waals surface area contributed by atoms with Gasteiger partial charge in [-0.15, -0.1) is 0 Å². The molecule has 1 aromatic rings. The molecule has 0 aliphatic carbocycles.